The molecule has 1 aromatic carbocycles. The summed E-state index contributed by atoms with van der Waals surface area (Å²) in [6.07, 6.45) is 0. The number of imidazole rings is 1. The molecule has 0 amide bonds. The van der Waals surface area contributed by atoms with Gasteiger partial charge in [0.2, 0.25) is 0 Å². The van der Waals surface area contributed by atoms with Gasteiger partial charge in [0.1, 0.15) is 5.82 Å². The third kappa shape index (κ3) is 1.80. The summed E-state index contributed by atoms with van der Waals surface area (Å²) < 4.78 is 1.03. The van der Waals surface area contributed by atoms with Gasteiger partial charge in [-0.3, -0.25) is 0 Å². The van der Waals surface area contributed by atoms with Gasteiger partial charge in [-0.2, -0.15) is 12.6 Å². The fraction of sp³-hybridized carbons (Fsp3) is 0.222. The van der Waals surface area contributed by atoms with E-state index in [1.54, 1.807) is 0 Å². The zero-order valence-corrected chi connectivity index (χ0v) is 9.85. The quantitative estimate of drug-likeness (QED) is 0.734. The van der Waals surface area contributed by atoms with Gasteiger partial charge in [0.15, 0.2) is 0 Å². The van der Waals surface area contributed by atoms with E-state index in [0.29, 0.717) is 5.75 Å². The zero-order chi connectivity index (χ0) is 10.1. The van der Waals surface area contributed by atoms with Gasteiger partial charge in [0, 0.05) is 10.2 Å². The molecule has 2 aromatic rings. The fourth-order valence-corrected chi connectivity index (χ4v) is 1.80. The molecule has 0 fully saturated rings. The minimum atomic E-state index is -0.135. The van der Waals surface area contributed by atoms with Gasteiger partial charge in [-0.25, -0.2) is 4.98 Å². The standard InChI is InChI=1S/C9H10BrN3S/c10-5-1-2-7-8(3-5)13-9(12-7)6(11)4-14/h1-3,6,14H,4,11H2,(H,12,13)/t6-/m0/s1. The van der Waals surface area contributed by atoms with Crippen molar-refractivity contribution >= 4 is 39.6 Å². The lowest BCUT2D eigenvalue weighted by Crippen LogP contribution is -2.13. The van der Waals surface area contributed by atoms with Crippen molar-refractivity contribution in [3.05, 3.63) is 28.5 Å². The lowest BCUT2D eigenvalue weighted by atomic mass is 10.3. The minimum Gasteiger partial charge on any atom is -0.341 e. The molecule has 1 atom stereocenters. The number of thiol groups is 1. The fourth-order valence-electron chi connectivity index (χ4n) is 1.26. The summed E-state index contributed by atoms with van der Waals surface area (Å²) in [4.78, 5) is 7.55. The molecule has 0 spiro atoms. The van der Waals surface area contributed by atoms with Crippen LogP contribution in [0.4, 0.5) is 0 Å². The number of benzene rings is 1. The summed E-state index contributed by atoms with van der Waals surface area (Å²) in [5.41, 5.74) is 7.74. The zero-order valence-electron chi connectivity index (χ0n) is 7.37. The number of nitrogens with two attached hydrogens (primary N) is 1. The predicted molar refractivity (Wildman–Crippen MR) is 64.6 cm³/mol. The second-order valence-electron chi connectivity index (χ2n) is 3.07. The Morgan fingerprint density at radius 2 is 2.36 bits per heavy atom. The summed E-state index contributed by atoms with van der Waals surface area (Å²) in [5, 5.41) is 0. The van der Waals surface area contributed by atoms with Crippen LogP contribution in [-0.2, 0) is 0 Å². The van der Waals surface area contributed by atoms with Crippen LogP contribution in [0.1, 0.15) is 11.9 Å². The highest BCUT2D eigenvalue weighted by Crippen LogP contribution is 2.19. The van der Waals surface area contributed by atoms with Crippen molar-refractivity contribution < 1.29 is 0 Å². The van der Waals surface area contributed by atoms with E-state index < -0.39 is 0 Å². The molecule has 1 heterocycles. The van der Waals surface area contributed by atoms with E-state index >= 15 is 0 Å². The van der Waals surface area contributed by atoms with Crippen LogP contribution in [-0.4, -0.2) is 15.7 Å². The van der Waals surface area contributed by atoms with Crippen molar-refractivity contribution in [2.75, 3.05) is 5.75 Å². The number of aromatic amines is 1. The van der Waals surface area contributed by atoms with Gasteiger partial charge in [-0.15, -0.1) is 0 Å². The Bertz CT molecular complexity index is 454. The Balaban J connectivity index is 2.51. The molecule has 3 N–H and O–H groups in total. The number of rotatable bonds is 2. The molecule has 0 aliphatic carbocycles. The maximum Gasteiger partial charge on any atom is 0.125 e. The van der Waals surface area contributed by atoms with E-state index in [1.165, 1.54) is 0 Å². The highest BCUT2D eigenvalue weighted by atomic mass is 79.9. The summed E-state index contributed by atoms with van der Waals surface area (Å²) >= 11 is 7.54. The SMILES string of the molecule is N[C@@H](CS)c1nc2ccc(Br)cc2[nH]1. The lowest BCUT2D eigenvalue weighted by Gasteiger charge is -2.01. The normalized spacial score (nSPS) is 13.4. The highest BCUT2D eigenvalue weighted by Gasteiger charge is 2.09. The van der Waals surface area contributed by atoms with Crippen molar-refractivity contribution in [1.82, 2.24) is 9.97 Å². The monoisotopic (exact) mass is 271 g/mol. The smallest absolute Gasteiger partial charge is 0.125 e. The average Bonchev–Trinajstić information content (AvgIpc) is 2.59. The predicted octanol–water partition coefficient (Wildman–Crippen LogP) is 2.25. The van der Waals surface area contributed by atoms with Crippen molar-refractivity contribution in [3.63, 3.8) is 0 Å². The number of hydrogen-bond acceptors (Lipinski definition) is 3. The molecule has 14 heavy (non-hydrogen) atoms. The van der Waals surface area contributed by atoms with Crippen LogP contribution >= 0.6 is 28.6 Å². The van der Waals surface area contributed by atoms with E-state index in [2.05, 4.69) is 38.5 Å². The van der Waals surface area contributed by atoms with Crippen LogP contribution in [0.2, 0.25) is 0 Å². The molecule has 2 rings (SSSR count). The van der Waals surface area contributed by atoms with Gasteiger partial charge in [-0.05, 0) is 18.2 Å². The molecule has 0 saturated heterocycles. The van der Waals surface area contributed by atoms with Crippen molar-refractivity contribution in [2.24, 2.45) is 5.73 Å². The Labute approximate surface area is 95.6 Å². The van der Waals surface area contributed by atoms with E-state index in [1.807, 2.05) is 18.2 Å². The van der Waals surface area contributed by atoms with Gasteiger partial charge >= 0.3 is 0 Å². The van der Waals surface area contributed by atoms with Crippen LogP contribution in [0.15, 0.2) is 22.7 Å². The van der Waals surface area contributed by atoms with E-state index in [9.17, 15) is 0 Å². The maximum atomic E-state index is 5.81. The molecular weight excluding hydrogens is 262 g/mol. The van der Waals surface area contributed by atoms with E-state index in [-0.39, 0.29) is 6.04 Å². The highest BCUT2D eigenvalue weighted by molar-refractivity contribution is 9.10. The van der Waals surface area contributed by atoms with Crippen LogP contribution < -0.4 is 5.73 Å². The van der Waals surface area contributed by atoms with E-state index in [4.69, 9.17) is 5.73 Å². The topological polar surface area (TPSA) is 54.7 Å². The molecule has 0 aliphatic rings. The molecule has 0 unspecified atom stereocenters. The number of nitrogens with zero attached hydrogens (tertiary/aromatic N) is 1. The number of halogens is 1. The second-order valence-corrected chi connectivity index (χ2v) is 4.35. The van der Waals surface area contributed by atoms with Crippen molar-refractivity contribution in [3.8, 4) is 0 Å². The maximum absolute atomic E-state index is 5.81. The summed E-state index contributed by atoms with van der Waals surface area (Å²) in [5.74, 6) is 1.37. The number of nitrogens with one attached hydrogen (secondary N) is 1. The number of fused-ring (bicyclic) bond motifs is 1. The van der Waals surface area contributed by atoms with Gasteiger partial charge in [0.05, 0.1) is 17.1 Å². The Hall–Kier alpha value is -0.520. The molecule has 3 nitrogen and oxygen atoms in total. The first-order valence-electron chi connectivity index (χ1n) is 4.22. The molecular formula is C9H10BrN3S. The first kappa shape index (κ1) is 10.0. The summed E-state index contributed by atoms with van der Waals surface area (Å²) in [7, 11) is 0. The summed E-state index contributed by atoms with van der Waals surface area (Å²) in [6, 6.07) is 5.76. The second kappa shape index (κ2) is 3.92. The number of H-pyrrole nitrogens is 1. The Morgan fingerprint density at radius 3 is 3.07 bits per heavy atom. The molecule has 1 aromatic heterocycles. The third-order valence-electron chi connectivity index (χ3n) is 2.01. The molecule has 5 heteroatoms. The van der Waals surface area contributed by atoms with Crippen molar-refractivity contribution in [2.45, 2.75) is 6.04 Å². The molecule has 0 bridgehead atoms. The molecule has 0 saturated carbocycles. The Kier molecular flexibility index (Phi) is 2.80. The van der Waals surface area contributed by atoms with Gasteiger partial charge in [-0.1, -0.05) is 15.9 Å². The van der Waals surface area contributed by atoms with E-state index in [0.717, 1.165) is 21.3 Å². The first-order chi connectivity index (χ1) is 6.70. The van der Waals surface area contributed by atoms with Crippen LogP contribution in [0.3, 0.4) is 0 Å². The third-order valence-corrected chi connectivity index (χ3v) is 2.90. The van der Waals surface area contributed by atoms with Crippen LogP contribution in [0, 0.1) is 0 Å². The average molecular weight is 272 g/mol. The largest absolute Gasteiger partial charge is 0.341 e. The van der Waals surface area contributed by atoms with Crippen molar-refractivity contribution in [1.29, 1.82) is 0 Å². The Morgan fingerprint density at radius 1 is 1.57 bits per heavy atom. The van der Waals surface area contributed by atoms with Crippen LogP contribution in [0.25, 0.3) is 11.0 Å². The number of hydrogen-bond donors (Lipinski definition) is 3. The van der Waals surface area contributed by atoms with Gasteiger partial charge in [0.25, 0.3) is 0 Å². The summed E-state index contributed by atoms with van der Waals surface area (Å²) in [6.45, 7) is 0. The molecule has 0 radical (unpaired) electrons. The minimum absolute atomic E-state index is 0.135. The molecule has 74 valence electrons. The number of aromatic nitrogens is 2. The molecule has 0 aliphatic heterocycles. The lowest BCUT2D eigenvalue weighted by molar-refractivity contribution is 0.773. The first-order valence-corrected chi connectivity index (χ1v) is 5.65. The van der Waals surface area contributed by atoms with Crippen LogP contribution in [0.5, 0.6) is 0 Å². The van der Waals surface area contributed by atoms with Gasteiger partial charge < -0.3 is 10.7 Å².